The van der Waals surface area contributed by atoms with Crippen LogP contribution in [0.2, 0.25) is 0 Å². The van der Waals surface area contributed by atoms with Gasteiger partial charge in [0.15, 0.2) is 0 Å². The van der Waals surface area contributed by atoms with Gasteiger partial charge in [-0.05, 0) is 31.2 Å². The summed E-state index contributed by atoms with van der Waals surface area (Å²) in [5.41, 5.74) is 8.59. The van der Waals surface area contributed by atoms with Gasteiger partial charge in [0, 0.05) is 5.56 Å². The van der Waals surface area contributed by atoms with Crippen LogP contribution in [0.4, 0.5) is 4.79 Å². The zero-order chi connectivity index (χ0) is 14.4. The second-order valence-corrected chi connectivity index (χ2v) is 4.08. The van der Waals surface area contributed by atoms with Crippen molar-refractivity contribution in [2.75, 3.05) is 0 Å². The number of hydrazone groups is 1. The maximum atomic E-state index is 10.7. The lowest BCUT2D eigenvalue weighted by Crippen LogP contribution is -2.25. The first-order valence-electron chi connectivity index (χ1n) is 6.09. The number of nitrogens with two attached hydrogens (primary N) is 1. The van der Waals surface area contributed by atoms with Gasteiger partial charge in [-0.3, -0.25) is 0 Å². The van der Waals surface area contributed by atoms with Crippen molar-refractivity contribution in [3.8, 4) is 11.5 Å². The number of carbonyl (C=O) groups excluding carboxylic acids is 1. The number of benzene rings is 2. The molecule has 2 aromatic rings. The summed E-state index contributed by atoms with van der Waals surface area (Å²) in [6.45, 7) is 1.77. The summed E-state index contributed by atoms with van der Waals surface area (Å²) in [6, 6.07) is 16.2. The van der Waals surface area contributed by atoms with Crippen molar-refractivity contribution in [1.29, 1.82) is 0 Å². The van der Waals surface area contributed by atoms with Gasteiger partial charge in [-0.25, -0.2) is 10.2 Å². The van der Waals surface area contributed by atoms with E-state index >= 15 is 0 Å². The Balaban J connectivity index is 2.26. The lowest BCUT2D eigenvalue weighted by molar-refractivity contribution is 0.249. The summed E-state index contributed by atoms with van der Waals surface area (Å²) >= 11 is 0. The van der Waals surface area contributed by atoms with Crippen molar-refractivity contribution in [2.24, 2.45) is 10.8 Å². The number of rotatable bonds is 4. The second kappa shape index (κ2) is 6.38. The van der Waals surface area contributed by atoms with E-state index in [2.05, 4.69) is 10.5 Å². The lowest BCUT2D eigenvalue weighted by atomic mass is 10.1. The third-order valence-corrected chi connectivity index (χ3v) is 2.58. The van der Waals surface area contributed by atoms with E-state index in [1.165, 1.54) is 0 Å². The van der Waals surface area contributed by atoms with E-state index in [1.807, 2.05) is 54.6 Å². The fourth-order valence-electron chi connectivity index (χ4n) is 1.67. The van der Waals surface area contributed by atoms with Gasteiger partial charge in [-0.1, -0.05) is 30.3 Å². The molecule has 2 aromatic carbocycles. The zero-order valence-electron chi connectivity index (χ0n) is 11.0. The number of primary amides is 1. The van der Waals surface area contributed by atoms with Crippen molar-refractivity contribution in [3.05, 3.63) is 60.2 Å². The molecule has 0 aliphatic rings. The normalized spacial score (nSPS) is 10.9. The van der Waals surface area contributed by atoms with Crippen LogP contribution in [0.5, 0.6) is 11.5 Å². The summed E-state index contributed by atoms with van der Waals surface area (Å²) in [4.78, 5) is 10.7. The third kappa shape index (κ3) is 3.58. The van der Waals surface area contributed by atoms with Crippen molar-refractivity contribution >= 4 is 11.7 Å². The summed E-state index contributed by atoms with van der Waals surface area (Å²) in [7, 11) is 0. The summed E-state index contributed by atoms with van der Waals surface area (Å²) in [5.74, 6) is 1.39. The number of nitrogens with one attached hydrogen (secondary N) is 1. The molecule has 0 bridgehead atoms. The molecule has 0 saturated heterocycles. The number of ether oxygens (including phenoxy) is 1. The fraction of sp³-hybridized carbons (Fsp3) is 0.0667. The minimum absolute atomic E-state index is 0.607. The molecule has 5 heteroatoms. The number of hydrogen-bond donors (Lipinski definition) is 2. The molecular formula is C15H15N3O2. The molecule has 3 N–H and O–H groups in total. The molecule has 0 spiro atoms. The van der Waals surface area contributed by atoms with E-state index in [-0.39, 0.29) is 0 Å². The van der Waals surface area contributed by atoms with E-state index in [1.54, 1.807) is 6.92 Å². The van der Waals surface area contributed by atoms with E-state index in [0.717, 1.165) is 11.3 Å². The monoisotopic (exact) mass is 269 g/mol. The van der Waals surface area contributed by atoms with Crippen LogP contribution in [0, 0.1) is 0 Å². The zero-order valence-corrected chi connectivity index (χ0v) is 11.0. The minimum Gasteiger partial charge on any atom is -0.457 e. The number of urea groups is 1. The Labute approximate surface area is 117 Å². The molecule has 0 aliphatic carbocycles. The second-order valence-electron chi connectivity index (χ2n) is 4.08. The van der Waals surface area contributed by atoms with Gasteiger partial charge in [0.05, 0.1) is 5.71 Å². The van der Waals surface area contributed by atoms with Crippen LogP contribution < -0.4 is 15.9 Å². The van der Waals surface area contributed by atoms with Crippen LogP contribution in [-0.2, 0) is 0 Å². The molecule has 0 saturated carbocycles. The fourth-order valence-corrected chi connectivity index (χ4v) is 1.67. The van der Waals surface area contributed by atoms with Gasteiger partial charge in [0.25, 0.3) is 0 Å². The smallest absolute Gasteiger partial charge is 0.332 e. The highest BCUT2D eigenvalue weighted by Crippen LogP contribution is 2.25. The van der Waals surface area contributed by atoms with Crippen molar-refractivity contribution in [2.45, 2.75) is 6.92 Å². The van der Waals surface area contributed by atoms with Gasteiger partial charge in [-0.15, -0.1) is 0 Å². The predicted molar refractivity (Wildman–Crippen MR) is 77.9 cm³/mol. The van der Waals surface area contributed by atoms with Crippen LogP contribution in [0.15, 0.2) is 59.7 Å². The van der Waals surface area contributed by atoms with Gasteiger partial charge < -0.3 is 10.5 Å². The number of para-hydroxylation sites is 2. The highest BCUT2D eigenvalue weighted by atomic mass is 16.5. The van der Waals surface area contributed by atoms with Crippen LogP contribution in [0.25, 0.3) is 0 Å². The molecule has 102 valence electrons. The average Bonchev–Trinajstić information content (AvgIpc) is 2.46. The first-order chi connectivity index (χ1) is 9.66. The maximum absolute atomic E-state index is 10.7. The number of nitrogens with zero attached hydrogens (tertiary/aromatic N) is 1. The highest BCUT2D eigenvalue weighted by Gasteiger charge is 2.07. The topological polar surface area (TPSA) is 76.7 Å². The molecule has 0 unspecified atom stereocenters. The molecule has 0 aromatic heterocycles. The van der Waals surface area contributed by atoms with Crippen LogP contribution in [0.1, 0.15) is 12.5 Å². The molecule has 0 heterocycles. The molecular weight excluding hydrogens is 254 g/mol. The maximum Gasteiger partial charge on any atom is 0.332 e. The Kier molecular flexibility index (Phi) is 4.34. The molecule has 20 heavy (non-hydrogen) atoms. The standard InChI is InChI=1S/C15H15N3O2/c1-11(17-18-15(16)19)13-9-5-6-10-14(13)20-12-7-3-2-4-8-12/h2-10H,1H3,(H3,16,18,19)/b17-11+. The SMILES string of the molecule is C/C(=N\NC(N)=O)c1ccccc1Oc1ccccc1. The van der Waals surface area contributed by atoms with E-state index < -0.39 is 6.03 Å². The summed E-state index contributed by atoms with van der Waals surface area (Å²) < 4.78 is 5.81. The molecule has 2 amide bonds. The molecule has 0 radical (unpaired) electrons. The molecule has 0 atom stereocenters. The van der Waals surface area contributed by atoms with E-state index in [9.17, 15) is 4.79 Å². The Morgan fingerprint density at radius 3 is 2.45 bits per heavy atom. The molecule has 5 nitrogen and oxygen atoms in total. The third-order valence-electron chi connectivity index (χ3n) is 2.58. The number of amides is 2. The van der Waals surface area contributed by atoms with Crippen molar-refractivity contribution in [1.82, 2.24) is 5.43 Å². The van der Waals surface area contributed by atoms with Crippen LogP contribution in [0.3, 0.4) is 0 Å². The van der Waals surface area contributed by atoms with Gasteiger partial charge in [0.1, 0.15) is 11.5 Å². The Hall–Kier alpha value is -2.82. The van der Waals surface area contributed by atoms with Gasteiger partial charge >= 0.3 is 6.03 Å². The first kappa shape index (κ1) is 13.6. The van der Waals surface area contributed by atoms with Crippen molar-refractivity contribution < 1.29 is 9.53 Å². The number of hydrogen-bond acceptors (Lipinski definition) is 3. The minimum atomic E-state index is -0.703. The van der Waals surface area contributed by atoms with Crippen LogP contribution >= 0.6 is 0 Å². The quantitative estimate of drug-likeness (QED) is 0.661. The van der Waals surface area contributed by atoms with Gasteiger partial charge in [-0.2, -0.15) is 5.10 Å². The Morgan fingerprint density at radius 2 is 1.75 bits per heavy atom. The lowest BCUT2D eigenvalue weighted by Gasteiger charge is -2.10. The average molecular weight is 269 g/mol. The molecule has 2 rings (SSSR count). The van der Waals surface area contributed by atoms with E-state index in [0.29, 0.717) is 11.5 Å². The first-order valence-corrected chi connectivity index (χ1v) is 6.09. The summed E-state index contributed by atoms with van der Waals surface area (Å²) in [5, 5.41) is 3.91. The number of carbonyl (C=O) groups is 1. The summed E-state index contributed by atoms with van der Waals surface area (Å²) in [6.07, 6.45) is 0. The van der Waals surface area contributed by atoms with Crippen LogP contribution in [-0.4, -0.2) is 11.7 Å². The Morgan fingerprint density at radius 1 is 1.10 bits per heavy atom. The highest BCUT2D eigenvalue weighted by molar-refractivity contribution is 6.01. The Bertz CT molecular complexity index is 624. The van der Waals surface area contributed by atoms with E-state index in [4.69, 9.17) is 10.5 Å². The van der Waals surface area contributed by atoms with Crippen molar-refractivity contribution in [3.63, 3.8) is 0 Å². The van der Waals surface area contributed by atoms with Gasteiger partial charge in [0.2, 0.25) is 0 Å². The molecule has 0 aliphatic heterocycles. The predicted octanol–water partition coefficient (Wildman–Crippen LogP) is 2.87. The molecule has 0 fully saturated rings. The largest absolute Gasteiger partial charge is 0.457 e.